The Bertz CT molecular complexity index is 237. The van der Waals surface area contributed by atoms with Gasteiger partial charge in [-0.1, -0.05) is 0 Å². The Balaban J connectivity index is 3.09. The van der Waals surface area contributed by atoms with Crippen molar-refractivity contribution in [1.82, 2.24) is 4.98 Å². The molecule has 0 bridgehead atoms. The van der Waals surface area contributed by atoms with Crippen LogP contribution in [0.4, 0.5) is 4.39 Å². The molecule has 0 atom stereocenters. The van der Waals surface area contributed by atoms with E-state index >= 15 is 0 Å². The second-order valence-electron chi connectivity index (χ2n) is 2.01. The van der Waals surface area contributed by atoms with Crippen LogP contribution in [0.25, 0.3) is 0 Å². The van der Waals surface area contributed by atoms with Gasteiger partial charge in [-0.3, -0.25) is 4.98 Å². The molecule has 1 aromatic heterocycles. The number of alkyl halides is 1. The standard InChI is InChI=1S/C7H7ClFN/c1-5-2-3-6(9)7(4-8)10-5/h2-3H,4H2,1H3. The molecular formula is C7H7ClFN. The van der Waals surface area contributed by atoms with E-state index in [4.69, 9.17) is 11.6 Å². The van der Waals surface area contributed by atoms with Crippen LogP contribution in [-0.2, 0) is 5.88 Å². The van der Waals surface area contributed by atoms with E-state index in [1.165, 1.54) is 6.07 Å². The summed E-state index contributed by atoms with van der Waals surface area (Å²) in [5.41, 5.74) is 1.11. The minimum Gasteiger partial charge on any atom is -0.254 e. The number of nitrogens with zero attached hydrogens (tertiary/aromatic N) is 1. The maximum Gasteiger partial charge on any atom is 0.145 e. The molecule has 10 heavy (non-hydrogen) atoms. The van der Waals surface area contributed by atoms with Crippen LogP contribution in [0.1, 0.15) is 11.4 Å². The van der Waals surface area contributed by atoms with Crippen molar-refractivity contribution in [3.8, 4) is 0 Å². The molecule has 0 aliphatic carbocycles. The Morgan fingerprint density at radius 2 is 2.30 bits per heavy atom. The lowest BCUT2D eigenvalue weighted by molar-refractivity contribution is 0.606. The summed E-state index contributed by atoms with van der Waals surface area (Å²) >= 11 is 5.40. The minimum absolute atomic E-state index is 0.132. The average molecular weight is 160 g/mol. The number of pyridine rings is 1. The predicted molar refractivity (Wildman–Crippen MR) is 38.5 cm³/mol. The van der Waals surface area contributed by atoms with Gasteiger partial charge in [0.15, 0.2) is 0 Å². The van der Waals surface area contributed by atoms with Gasteiger partial charge >= 0.3 is 0 Å². The number of aryl methyl sites for hydroxylation is 1. The fourth-order valence-electron chi connectivity index (χ4n) is 0.687. The van der Waals surface area contributed by atoms with Crippen molar-refractivity contribution in [3.63, 3.8) is 0 Å². The van der Waals surface area contributed by atoms with Crippen LogP contribution in [0.5, 0.6) is 0 Å². The van der Waals surface area contributed by atoms with Crippen LogP contribution in [-0.4, -0.2) is 4.98 Å². The smallest absolute Gasteiger partial charge is 0.145 e. The largest absolute Gasteiger partial charge is 0.254 e. The second kappa shape index (κ2) is 2.97. The van der Waals surface area contributed by atoms with Crippen molar-refractivity contribution < 1.29 is 4.39 Å². The first-order valence-corrected chi connectivity index (χ1v) is 3.45. The Hall–Kier alpha value is -0.630. The molecule has 1 rings (SSSR count). The van der Waals surface area contributed by atoms with Crippen molar-refractivity contribution in [3.05, 3.63) is 29.3 Å². The zero-order valence-electron chi connectivity index (χ0n) is 5.56. The van der Waals surface area contributed by atoms with E-state index in [2.05, 4.69) is 4.98 Å². The summed E-state index contributed by atoms with van der Waals surface area (Å²) in [4.78, 5) is 3.88. The fourth-order valence-corrected chi connectivity index (χ4v) is 0.875. The first-order valence-electron chi connectivity index (χ1n) is 2.92. The van der Waals surface area contributed by atoms with Crippen LogP contribution >= 0.6 is 11.6 Å². The second-order valence-corrected chi connectivity index (χ2v) is 2.28. The number of aromatic nitrogens is 1. The molecule has 0 amide bonds. The van der Waals surface area contributed by atoms with E-state index in [-0.39, 0.29) is 11.7 Å². The van der Waals surface area contributed by atoms with Gasteiger partial charge in [-0.15, -0.1) is 11.6 Å². The molecule has 1 heterocycles. The quantitative estimate of drug-likeness (QED) is 0.573. The molecule has 0 N–H and O–H groups in total. The molecule has 0 aliphatic heterocycles. The lowest BCUT2D eigenvalue weighted by Crippen LogP contribution is -1.92. The Kier molecular flexibility index (Phi) is 2.22. The maximum atomic E-state index is 12.6. The van der Waals surface area contributed by atoms with Crippen LogP contribution in [0, 0.1) is 12.7 Å². The third kappa shape index (κ3) is 1.45. The van der Waals surface area contributed by atoms with Gasteiger partial charge in [0.1, 0.15) is 5.82 Å². The zero-order chi connectivity index (χ0) is 7.56. The van der Waals surface area contributed by atoms with Gasteiger partial charge in [-0.2, -0.15) is 0 Å². The molecule has 0 saturated carbocycles. The highest BCUT2D eigenvalue weighted by Gasteiger charge is 2.00. The summed E-state index contributed by atoms with van der Waals surface area (Å²) in [7, 11) is 0. The summed E-state index contributed by atoms with van der Waals surface area (Å²) < 4.78 is 12.6. The first kappa shape index (κ1) is 7.48. The van der Waals surface area contributed by atoms with Crippen LogP contribution < -0.4 is 0 Å². The number of hydrogen-bond donors (Lipinski definition) is 0. The van der Waals surface area contributed by atoms with E-state index in [1.807, 2.05) is 0 Å². The maximum absolute atomic E-state index is 12.6. The third-order valence-electron chi connectivity index (χ3n) is 1.18. The summed E-state index contributed by atoms with van der Waals surface area (Å²) in [5, 5.41) is 0. The highest BCUT2D eigenvalue weighted by molar-refractivity contribution is 6.16. The third-order valence-corrected chi connectivity index (χ3v) is 1.44. The van der Waals surface area contributed by atoms with Crippen LogP contribution in [0.15, 0.2) is 12.1 Å². The summed E-state index contributed by atoms with van der Waals surface area (Å²) in [6, 6.07) is 2.99. The Morgan fingerprint density at radius 3 is 2.80 bits per heavy atom. The van der Waals surface area contributed by atoms with E-state index in [1.54, 1.807) is 13.0 Å². The molecule has 3 heteroatoms. The molecule has 0 spiro atoms. The minimum atomic E-state index is -0.333. The van der Waals surface area contributed by atoms with E-state index < -0.39 is 0 Å². The summed E-state index contributed by atoms with van der Waals surface area (Å²) in [6.07, 6.45) is 0. The van der Waals surface area contributed by atoms with Gasteiger partial charge in [0.05, 0.1) is 11.6 Å². The molecule has 0 saturated heterocycles. The topological polar surface area (TPSA) is 12.9 Å². The molecule has 0 aliphatic rings. The average Bonchev–Trinajstić information content (AvgIpc) is 1.94. The fraction of sp³-hybridized carbons (Fsp3) is 0.286. The van der Waals surface area contributed by atoms with Gasteiger partial charge in [-0.05, 0) is 19.1 Å². The number of hydrogen-bond acceptors (Lipinski definition) is 1. The molecule has 0 unspecified atom stereocenters. The lowest BCUT2D eigenvalue weighted by atomic mass is 10.3. The molecule has 0 radical (unpaired) electrons. The highest BCUT2D eigenvalue weighted by atomic mass is 35.5. The van der Waals surface area contributed by atoms with Crippen LogP contribution in [0.2, 0.25) is 0 Å². The SMILES string of the molecule is Cc1ccc(F)c(CCl)n1. The number of halogens is 2. The van der Waals surface area contributed by atoms with E-state index in [0.29, 0.717) is 5.69 Å². The van der Waals surface area contributed by atoms with Gasteiger partial charge in [0.25, 0.3) is 0 Å². The number of rotatable bonds is 1. The summed E-state index contributed by atoms with van der Waals surface area (Å²) in [5.74, 6) is -0.200. The molecule has 1 aromatic rings. The first-order chi connectivity index (χ1) is 4.74. The van der Waals surface area contributed by atoms with E-state index in [9.17, 15) is 4.39 Å². The van der Waals surface area contributed by atoms with Gasteiger partial charge in [0.2, 0.25) is 0 Å². The molecule has 54 valence electrons. The lowest BCUT2D eigenvalue weighted by Gasteiger charge is -1.97. The Morgan fingerprint density at radius 1 is 1.60 bits per heavy atom. The van der Waals surface area contributed by atoms with Crippen molar-refractivity contribution in [2.75, 3.05) is 0 Å². The normalized spacial score (nSPS) is 9.90. The monoisotopic (exact) mass is 159 g/mol. The van der Waals surface area contributed by atoms with Crippen molar-refractivity contribution in [2.45, 2.75) is 12.8 Å². The van der Waals surface area contributed by atoms with Crippen LogP contribution in [0.3, 0.4) is 0 Å². The predicted octanol–water partition coefficient (Wildman–Crippen LogP) is 2.27. The molecule has 0 aromatic carbocycles. The summed E-state index contributed by atoms with van der Waals surface area (Å²) in [6.45, 7) is 1.80. The zero-order valence-corrected chi connectivity index (χ0v) is 6.32. The van der Waals surface area contributed by atoms with Gasteiger partial charge in [0, 0.05) is 5.69 Å². The Labute approximate surface area is 63.8 Å². The molecular weight excluding hydrogens is 153 g/mol. The van der Waals surface area contributed by atoms with Crippen molar-refractivity contribution >= 4 is 11.6 Å². The van der Waals surface area contributed by atoms with Crippen molar-refractivity contribution in [2.24, 2.45) is 0 Å². The molecule has 1 nitrogen and oxygen atoms in total. The molecule has 0 fully saturated rings. The van der Waals surface area contributed by atoms with E-state index in [0.717, 1.165) is 5.69 Å². The van der Waals surface area contributed by atoms with Gasteiger partial charge in [-0.25, -0.2) is 4.39 Å². The van der Waals surface area contributed by atoms with Crippen molar-refractivity contribution in [1.29, 1.82) is 0 Å². The van der Waals surface area contributed by atoms with Gasteiger partial charge < -0.3 is 0 Å². The highest BCUT2D eigenvalue weighted by Crippen LogP contribution is 2.07.